The van der Waals surface area contributed by atoms with Crippen molar-refractivity contribution in [2.24, 2.45) is 5.92 Å². The molecule has 1 fully saturated rings. The van der Waals surface area contributed by atoms with E-state index in [-0.39, 0.29) is 5.91 Å². The van der Waals surface area contributed by atoms with Crippen LogP contribution in [-0.2, 0) is 12.8 Å². The third-order valence-electron chi connectivity index (χ3n) is 5.34. The lowest BCUT2D eigenvalue weighted by Gasteiger charge is -2.31. The zero-order chi connectivity index (χ0) is 16.5. The molecule has 1 aliphatic heterocycles. The second-order valence-electron chi connectivity index (χ2n) is 6.92. The first kappa shape index (κ1) is 15.9. The molecule has 0 saturated carbocycles. The van der Waals surface area contributed by atoms with Gasteiger partial charge in [-0.1, -0.05) is 24.3 Å². The van der Waals surface area contributed by atoms with E-state index >= 15 is 0 Å². The number of hydrogen-bond donors (Lipinski definition) is 1. The minimum Gasteiger partial charge on any atom is -0.338 e. The van der Waals surface area contributed by atoms with Gasteiger partial charge in [0.1, 0.15) is 0 Å². The summed E-state index contributed by atoms with van der Waals surface area (Å²) in [5.74, 6) is 0.942. The number of aryl methyl sites for hydroxylation is 2. The summed E-state index contributed by atoms with van der Waals surface area (Å²) < 4.78 is 0. The van der Waals surface area contributed by atoms with Crippen molar-refractivity contribution in [1.82, 2.24) is 10.2 Å². The monoisotopic (exact) mass is 340 g/mol. The van der Waals surface area contributed by atoms with E-state index in [9.17, 15) is 4.79 Å². The number of carbonyl (C=O) groups excluding carboxylic acids is 1. The van der Waals surface area contributed by atoms with Gasteiger partial charge >= 0.3 is 0 Å². The Bertz CT molecular complexity index is 744. The predicted octanol–water partition coefficient (Wildman–Crippen LogP) is 3.59. The highest BCUT2D eigenvalue weighted by atomic mass is 32.1. The quantitative estimate of drug-likeness (QED) is 0.926. The van der Waals surface area contributed by atoms with Crippen molar-refractivity contribution in [3.63, 3.8) is 0 Å². The molecule has 2 aromatic rings. The van der Waals surface area contributed by atoms with Gasteiger partial charge in [0.05, 0.1) is 4.88 Å². The fraction of sp³-hybridized carbons (Fsp3) is 0.450. The molecule has 0 unspecified atom stereocenters. The first-order valence-electron chi connectivity index (χ1n) is 8.91. The summed E-state index contributed by atoms with van der Waals surface area (Å²) in [5, 5.41) is 3.25. The van der Waals surface area contributed by atoms with Gasteiger partial charge in [0.25, 0.3) is 5.91 Å². The minimum absolute atomic E-state index is 0.231. The molecule has 1 saturated heterocycles. The van der Waals surface area contributed by atoms with E-state index in [0.717, 1.165) is 50.2 Å². The second-order valence-corrected chi connectivity index (χ2v) is 7.97. The van der Waals surface area contributed by atoms with Gasteiger partial charge in [-0.3, -0.25) is 4.79 Å². The lowest BCUT2D eigenvalue weighted by atomic mass is 9.91. The second kappa shape index (κ2) is 6.69. The number of piperidine rings is 1. The molecule has 0 radical (unpaired) electrons. The van der Waals surface area contributed by atoms with Crippen LogP contribution in [0.1, 0.15) is 33.6 Å². The summed E-state index contributed by atoms with van der Waals surface area (Å²) in [6, 6.07) is 10.8. The number of nitrogens with zero attached hydrogens (tertiary/aromatic N) is 1. The number of fused-ring (bicyclic) bond motifs is 3. The van der Waals surface area contributed by atoms with Crippen LogP contribution in [0.2, 0.25) is 0 Å². The normalized spacial score (nSPS) is 17.5. The average Bonchev–Trinajstić information content (AvgIpc) is 3.07. The molecule has 4 heteroatoms. The summed E-state index contributed by atoms with van der Waals surface area (Å²) in [6.45, 7) is 2.85. The van der Waals surface area contributed by atoms with E-state index in [0.29, 0.717) is 5.92 Å². The van der Waals surface area contributed by atoms with E-state index in [1.54, 1.807) is 11.3 Å². The highest BCUT2D eigenvalue weighted by Gasteiger charge is 2.26. The molecule has 2 heterocycles. The summed E-state index contributed by atoms with van der Waals surface area (Å²) in [7, 11) is 2.01. The molecular weight excluding hydrogens is 316 g/mol. The Morgan fingerprint density at radius 3 is 2.75 bits per heavy atom. The van der Waals surface area contributed by atoms with Crippen molar-refractivity contribution in [3.8, 4) is 10.4 Å². The van der Waals surface area contributed by atoms with Gasteiger partial charge in [-0.2, -0.15) is 0 Å². The van der Waals surface area contributed by atoms with E-state index in [1.807, 2.05) is 7.05 Å². The Balaban J connectivity index is 1.53. The third kappa shape index (κ3) is 2.89. The van der Waals surface area contributed by atoms with E-state index in [1.165, 1.54) is 21.6 Å². The molecule has 0 spiro atoms. The SMILES string of the molecule is CNCC1CCN(C(=O)c2cc3c(s2)-c2ccccc2CC3)CC1. The summed E-state index contributed by atoms with van der Waals surface area (Å²) in [6.07, 6.45) is 4.37. The maximum atomic E-state index is 12.9. The van der Waals surface area contributed by atoms with Crippen molar-refractivity contribution < 1.29 is 4.79 Å². The fourth-order valence-corrected chi connectivity index (χ4v) is 5.20. The Hall–Kier alpha value is -1.65. The highest BCUT2D eigenvalue weighted by molar-refractivity contribution is 7.17. The summed E-state index contributed by atoms with van der Waals surface area (Å²) in [4.78, 5) is 17.2. The Kier molecular flexibility index (Phi) is 4.42. The molecule has 1 aromatic carbocycles. The van der Waals surface area contributed by atoms with Crippen molar-refractivity contribution in [2.75, 3.05) is 26.7 Å². The van der Waals surface area contributed by atoms with Crippen LogP contribution >= 0.6 is 11.3 Å². The van der Waals surface area contributed by atoms with Crippen LogP contribution in [0.4, 0.5) is 0 Å². The molecule has 2 aliphatic rings. The van der Waals surface area contributed by atoms with Crippen molar-refractivity contribution in [3.05, 3.63) is 46.3 Å². The standard InChI is InChI=1S/C20H24N2OS/c1-21-13-14-8-10-22(11-9-14)20(23)18-12-16-7-6-15-4-2-3-5-17(15)19(16)24-18/h2-5,12,14,21H,6-11,13H2,1H3. The Labute approximate surface area is 147 Å². The number of hydrogen-bond acceptors (Lipinski definition) is 3. The summed E-state index contributed by atoms with van der Waals surface area (Å²) >= 11 is 1.69. The van der Waals surface area contributed by atoms with Gasteiger partial charge in [0.2, 0.25) is 0 Å². The molecule has 0 atom stereocenters. The van der Waals surface area contributed by atoms with E-state index < -0.39 is 0 Å². The molecule has 3 nitrogen and oxygen atoms in total. The number of thiophene rings is 1. The molecule has 1 amide bonds. The van der Waals surface area contributed by atoms with Gasteiger partial charge in [-0.05, 0) is 68.0 Å². The number of carbonyl (C=O) groups is 1. The molecule has 1 N–H and O–H groups in total. The van der Waals surface area contributed by atoms with Crippen molar-refractivity contribution in [1.29, 1.82) is 0 Å². The first-order valence-corrected chi connectivity index (χ1v) is 9.73. The fourth-order valence-electron chi connectivity index (χ4n) is 3.96. The van der Waals surface area contributed by atoms with Crippen molar-refractivity contribution in [2.45, 2.75) is 25.7 Å². The highest BCUT2D eigenvalue weighted by Crippen LogP contribution is 2.40. The summed E-state index contributed by atoms with van der Waals surface area (Å²) in [5.41, 5.74) is 4.10. The van der Waals surface area contributed by atoms with E-state index in [2.05, 4.69) is 40.5 Å². The molecule has 1 aliphatic carbocycles. The minimum atomic E-state index is 0.231. The smallest absolute Gasteiger partial charge is 0.263 e. The first-order chi connectivity index (χ1) is 11.8. The molecule has 0 bridgehead atoms. The zero-order valence-electron chi connectivity index (χ0n) is 14.2. The maximum absolute atomic E-state index is 12.9. The van der Waals surface area contributed by atoms with Crippen LogP contribution in [0.25, 0.3) is 10.4 Å². The van der Waals surface area contributed by atoms with Crippen LogP contribution in [0.3, 0.4) is 0 Å². The zero-order valence-corrected chi connectivity index (χ0v) is 15.0. The van der Waals surface area contributed by atoms with Crippen LogP contribution in [0.15, 0.2) is 30.3 Å². The van der Waals surface area contributed by atoms with Gasteiger partial charge in [-0.25, -0.2) is 0 Å². The van der Waals surface area contributed by atoms with Gasteiger partial charge in [0, 0.05) is 18.0 Å². The number of nitrogens with one attached hydrogen (secondary N) is 1. The van der Waals surface area contributed by atoms with Crippen LogP contribution in [0.5, 0.6) is 0 Å². The lowest BCUT2D eigenvalue weighted by Crippen LogP contribution is -2.40. The molecular formula is C20H24N2OS. The third-order valence-corrected chi connectivity index (χ3v) is 6.54. The Morgan fingerprint density at radius 1 is 1.21 bits per heavy atom. The molecule has 24 heavy (non-hydrogen) atoms. The van der Waals surface area contributed by atoms with Gasteiger partial charge in [-0.15, -0.1) is 11.3 Å². The average molecular weight is 340 g/mol. The van der Waals surface area contributed by atoms with Gasteiger partial charge in [0.15, 0.2) is 0 Å². The number of benzene rings is 1. The van der Waals surface area contributed by atoms with E-state index in [4.69, 9.17) is 0 Å². The van der Waals surface area contributed by atoms with Crippen molar-refractivity contribution >= 4 is 17.2 Å². The lowest BCUT2D eigenvalue weighted by molar-refractivity contribution is 0.0696. The Morgan fingerprint density at radius 2 is 1.96 bits per heavy atom. The van der Waals surface area contributed by atoms with Crippen LogP contribution in [-0.4, -0.2) is 37.5 Å². The number of rotatable bonds is 3. The molecule has 126 valence electrons. The number of likely N-dealkylation sites (tertiary alicyclic amines) is 1. The predicted molar refractivity (Wildman–Crippen MR) is 99.7 cm³/mol. The largest absolute Gasteiger partial charge is 0.338 e. The molecule has 4 rings (SSSR count). The molecule has 1 aromatic heterocycles. The maximum Gasteiger partial charge on any atom is 0.263 e. The van der Waals surface area contributed by atoms with Crippen LogP contribution < -0.4 is 5.32 Å². The van der Waals surface area contributed by atoms with Crippen LogP contribution in [0, 0.1) is 5.92 Å². The number of amides is 1. The topological polar surface area (TPSA) is 32.3 Å². The van der Waals surface area contributed by atoms with Gasteiger partial charge < -0.3 is 10.2 Å².